The molecule has 0 spiro atoms. The average molecular weight is 138 g/mol. The van der Waals surface area contributed by atoms with E-state index in [2.05, 4.69) is 0 Å². The number of carbonyl (C=O) groups is 1. The molecule has 48 valence electrons. The Kier molecular flexibility index (Phi) is 3.48. The van der Waals surface area contributed by atoms with Crippen LogP contribution in [0.25, 0.3) is 0 Å². The summed E-state index contributed by atoms with van der Waals surface area (Å²) in [6.07, 6.45) is -0.905. The van der Waals surface area contributed by atoms with Crippen molar-refractivity contribution in [2.75, 3.05) is 12.5 Å². The number of rotatable bonds is 3. The zero-order chi connectivity index (χ0) is 6.57. The Balaban J connectivity index is 3.40. The Morgan fingerprint density at radius 3 is 2.25 bits per heavy atom. The van der Waals surface area contributed by atoms with E-state index in [1.54, 1.807) is 0 Å². The fraction of sp³-hybridized carbons (Fsp3) is 0.667. The van der Waals surface area contributed by atoms with Gasteiger partial charge in [0.1, 0.15) is 7.80 Å². The number of aliphatic hydroxyl groups is 1. The van der Waals surface area contributed by atoms with Gasteiger partial charge in [0.05, 0.1) is 12.5 Å². The van der Waals surface area contributed by atoms with Crippen molar-refractivity contribution in [3.63, 3.8) is 0 Å². The van der Waals surface area contributed by atoms with Crippen LogP contribution < -0.4 is 0 Å². The monoisotopic (exact) mass is 138 g/mol. The molecule has 0 aliphatic carbocycles. The van der Waals surface area contributed by atoms with Crippen LogP contribution >= 0.6 is 7.80 Å². The van der Waals surface area contributed by atoms with Gasteiger partial charge < -0.3 is 14.8 Å². The third-order valence-corrected chi connectivity index (χ3v) is 1.57. The fourth-order valence-corrected chi connectivity index (χ4v) is 0.674. The molecule has 1 unspecified atom stereocenters. The lowest BCUT2D eigenvalue weighted by atomic mass is 10.8. The zero-order valence-corrected chi connectivity index (χ0v) is 5.13. The van der Waals surface area contributed by atoms with Crippen molar-refractivity contribution in [1.29, 1.82) is 0 Å². The number of hydrogen-bond donors (Lipinski definition) is 2. The summed E-state index contributed by atoms with van der Waals surface area (Å²) in [5.41, 5.74) is 0. The van der Waals surface area contributed by atoms with E-state index in [4.69, 9.17) is 10.2 Å². The smallest absolute Gasteiger partial charge is 0.310 e. The Hall–Kier alpha value is -0.340. The summed E-state index contributed by atoms with van der Waals surface area (Å²) in [7, 11) is -2.22. The van der Waals surface area contributed by atoms with E-state index >= 15 is 0 Å². The van der Waals surface area contributed by atoms with E-state index in [0.717, 1.165) is 0 Å². The predicted molar refractivity (Wildman–Crippen MR) is 28.6 cm³/mol. The second kappa shape index (κ2) is 3.64. The molecule has 0 aromatic rings. The molecule has 0 saturated carbocycles. The van der Waals surface area contributed by atoms with Crippen LogP contribution in [0.15, 0.2) is 0 Å². The number of carboxylic acids is 1. The van der Waals surface area contributed by atoms with Crippen molar-refractivity contribution in [1.82, 2.24) is 0 Å². The van der Waals surface area contributed by atoms with Crippen LogP contribution in [0.3, 0.4) is 0 Å². The summed E-state index contributed by atoms with van der Waals surface area (Å²) in [4.78, 5) is 9.68. The van der Waals surface area contributed by atoms with Crippen molar-refractivity contribution in [2.24, 2.45) is 0 Å². The van der Waals surface area contributed by atoms with Gasteiger partial charge in [-0.1, -0.05) is 0 Å². The number of aliphatic hydroxyl groups excluding tert-OH is 1. The molecule has 1 atom stereocenters. The minimum absolute atomic E-state index is 0.402. The van der Waals surface area contributed by atoms with E-state index in [-0.39, 0.29) is 0 Å². The summed E-state index contributed by atoms with van der Waals surface area (Å²) in [5.74, 6) is -1.12. The first-order valence-corrected chi connectivity index (χ1v) is 3.83. The molecule has 0 fully saturated rings. The third kappa shape index (κ3) is 3.84. The molecule has 5 heteroatoms. The Labute approximate surface area is 46.9 Å². The van der Waals surface area contributed by atoms with E-state index < -0.39 is 26.3 Å². The standard InChI is InChI=1S/C3H7O4P/c4-2-8(7)1-3(5)6/h4,8H,1-2H2,(H,5,6). The number of hydrogen-bond acceptors (Lipinski definition) is 3. The molecule has 0 aliphatic rings. The Morgan fingerprint density at radius 2 is 2.12 bits per heavy atom. The van der Waals surface area contributed by atoms with Crippen LogP contribution in [0.2, 0.25) is 0 Å². The molecule has 0 heterocycles. The SMILES string of the molecule is O=C(O)C[PH](=O)CO. The van der Waals surface area contributed by atoms with Gasteiger partial charge in [-0.3, -0.25) is 4.79 Å². The molecular weight excluding hydrogens is 131 g/mol. The molecule has 0 bridgehead atoms. The normalized spacial score (nSPS) is 13.1. The van der Waals surface area contributed by atoms with E-state index in [0.29, 0.717) is 0 Å². The summed E-state index contributed by atoms with van der Waals surface area (Å²) in [6, 6.07) is 0. The Bertz CT molecular complexity index is 110. The molecule has 8 heavy (non-hydrogen) atoms. The van der Waals surface area contributed by atoms with Gasteiger partial charge in [0, 0.05) is 0 Å². The van der Waals surface area contributed by atoms with Crippen molar-refractivity contribution < 1.29 is 19.6 Å². The molecule has 2 N–H and O–H groups in total. The van der Waals surface area contributed by atoms with Crippen LogP contribution in [-0.4, -0.2) is 28.7 Å². The lowest BCUT2D eigenvalue weighted by Gasteiger charge is -1.88. The zero-order valence-electron chi connectivity index (χ0n) is 4.13. The molecule has 4 nitrogen and oxygen atoms in total. The maximum absolute atomic E-state index is 10.2. The van der Waals surface area contributed by atoms with E-state index in [1.807, 2.05) is 0 Å². The first-order chi connectivity index (χ1) is 3.66. The third-order valence-electron chi connectivity index (χ3n) is 0.525. The second-order valence-corrected chi connectivity index (χ2v) is 3.01. The van der Waals surface area contributed by atoms with Crippen LogP contribution in [0.1, 0.15) is 0 Å². The first-order valence-electron chi connectivity index (χ1n) is 2.01. The second-order valence-electron chi connectivity index (χ2n) is 1.27. The van der Waals surface area contributed by atoms with Gasteiger partial charge in [-0.15, -0.1) is 0 Å². The Morgan fingerprint density at radius 1 is 1.62 bits per heavy atom. The van der Waals surface area contributed by atoms with Gasteiger partial charge in [0.2, 0.25) is 0 Å². The highest BCUT2D eigenvalue weighted by Crippen LogP contribution is 2.15. The molecular formula is C3H7O4P. The maximum Gasteiger partial charge on any atom is 0.310 e. The highest BCUT2D eigenvalue weighted by atomic mass is 31.1. The molecule has 0 aromatic heterocycles. The van der Waals surface area contributed by atoms with Crippen molar-refractivity contribution in [3.05, 3.63) is 0 Å². The molecule has 0 aromatic carbocycles. The predicted octanol–water partition coefficient (Wildman–Crippen LogP) is -0.420. The van der Waals surface area contributed by atoms with Crippen LogP contribution in [0.4, 0.5) is 0 Å². The van der Waals surface area contributed by atoms with Crippen LogP contribution in [0, 0.1) is 0 Å². The van der Waals surface area contributed by atoms with Gasteiger partial charge in [-0.05, 0) is 0 Å². The van der Waals surface area contributed by atoms with Gasteiger partial charge in [0.15, 0.2) is 0 Å². The molecule has 0 aliphatic heterocycles. The first kappa shape index (κ1) is 7.66. The summed E-state index contributed by atoms with van der Waals surface area (Å²) in [6.45, 7) is 0. The summed E-state index contributed by atoms with van der Waals surface area (Å²) in [5, 5.41) is 16.0. The minimum Gasteiger partial charge on any atom is -0.481 e. The van der Waals surface area contributed by atoms with E-state index in [1.165, 1.54) is 0 Å². The number of carboxylic acid groups (broad SMARTS) is 1. The van der Waals surface area contributed by atoms with Crippen molar-refractivity contribution in [2.45, 2.75) is 0 Å². The largest absolute Gasteiger partial charge is 0.481 e. The van der Waals surface area contributed by atoms with Crippen molar-refractivity contribution in [3.8, 4) is 0 Å². The van der Waals surface area contributed by atoms with Gasteiger partial charge in [-0.25, -0.2) is 0 Å². The van der Waals surface area contributed by atoms with Crippen LogP contribution in [-0.2, 0) is 9.36 Å². The highest BCUT2D eigenvalue weighted by molar-refractivity contribution is 7.45. The van der Waals surface area contributed by atoms with Gasteiger partial charge in [-0.2, -0.15) is 0 Å². The topological polar surface area (TPSA) is 74.6 Å². The minimum atomic E-state index is -2.22. The van der Waals surface area contributed by atoms with Crippen LogP contribution in [0.5, 0.6) is 0 Å². The van der Waals surface area contributed by atoms with Gasteiger partial charge >= 0.3 is 5.97 Å². The highest BCUT2D eigenvalue weighted by Gasteiger charge is 2.01. The quantitative estimate of drug-likeness (QED) is 0.519. The molecule has 0 radical (unpaired) electrons. The summed E-state index contributed by atoms with van der Waals surface area (Å²) >= 11 is 0. The van der Waals surface area contributed by atoms with Gasteiger partial charge in [0.25, 0.3) is 0 Å². The maximum atomic E-state index is 10.2. The summed E-state index contributed by atoms with van der Waals surface area (Å²) < 4.78 is 10.2. The lowest BCUT2D eigenvalue weighted by Crippen LogP contribution is -1.98. The van der Waals surface area contributed by atoms with E-state index in [9.17, 15) is 9.36 Å². The molecule has 0 rings (SSSR count). The van der Waals surface area contributed by atoms with Crippen molar-refractivity contribution >= 4 is 13.8 Å². The lowest BCUT2D eigenvalue weighted by molar-refractivity contribution is -0.134. The molecule has 0 saturated heterocycles. The number of aliphatic carboxylic acids is 1. The fourth-order valence-electron chi connectivity index (χ4n) is 0.225. The average Bonchev–Trinajstić information content (AvgIpc) is 1.65. The molecule has 0 amide bonds.